The highest BCUT2D eigenvalue weighted by molar-refractivity contribution is 5.53. The Morgan fingerprint density at radius 2 is 1.74 bits per heavy atom. The normalized spacial score (nSPS) is 11.4. The van der Waals surface area contributed by atoms with Gasteiger partial charge in [0.2, 0.25) is 11.9 Å². The van der Waals surface area contributed by atoms with Gasteiger partial charge >= 0.3 is 6.18 Å². The van der Waals surface area contributed by atoms with Gasteiger partial charge in [0.25, 0.3) is 5.56 Å². The van der Waals surface area contributed by atoms with Crippen LogP contribution in [0.2, 0.25) is 0 Å². The van der Waals surface area contributed by atoms with Gasteiger partial charge in [-0.3, -0.25) is 4.79 Å². The number of pyridine rings is 1. The summed E-state index contributed by atoms with van der Waals surface area (Å²) >= 11 is 0. The van der Waals surface area contributed by atoms with Crippen molar-refractivity contribution in [3.63, 3.8) is 0 Å². The Kier molecular flexibility index (Phi) is 4.75. The smallest absolute Gasteiger partial charge is 0.368 e. The van der Waals surface area contributed by atoms with E-state index >= 15 is 0 Å². The third-order valence-corrected chi connectivity index (χ3v) is 3.42. The standard InChI is InChI=1S/C16H12F4N6O/c17-10-2-4-11(5-3-10)22-15-24-12(23-14(21)25-15)8-26-7-9(16(18,19)20)1-6-13(26)27/h1-7H,8H2,(H3,21,22,23,24,25). The second kappa shape index (κ2) is 7.02. The highest BCUT2D eigenvalue weighted by atomic mass is 19.4. The zero-order chi connectivity index (χ0) is 19.6. The van der Waals surface area contributed by atoms with Crippen molar-refractivity contribution in [2.75, 3.05) is 11.1 Å². The summed E-state index contributed by atoms with van der Waals surface area (Å²) < 4.78 is 52.2. The first-order valence-corrected chi connectivity index (χ1v) is 7.51. The van der Waals surface area contributed by atoms with Gasteiger partial charge in [-0.05, 0) is 30.3 Å². The van der Waals surface area contributed by atoms with Crippen molar-refractivity contribution in [3.05, 3.63) is 70.2 Å². The first kappa shape index (κ1) is 18.3. The molecule has 0 atom stereocenters. The topological polar surface area (TPSA) is 98.7 Å². The molecule has 1 aromatic carbocycles. The predicted molar refractivity (Wildman–Crippen MR) is 88.7 cm³/mol. The molecule has 140 valence electrons. The average molecular weight is 380 g/mol. The van der Waals surface area contributed by atoms with Crippen molar-refractivity contribution < 1.29 is 17.6 Å². The lowest BCUT2D eigenvalue weighted by Gasteiger charge is -2.11. The zero-order valence-electron chi connectivity index (χ0n) is 13.5. The number of nitrogens with one attached hydrogen (secondary N) is 1. The molecule has 0 bridgehead atoms. The molecule has 0 amide bonds. The Hall–Kier alpha value is -3.50. The summed E-state index contributed by atoms with van der Waals surface area (Å²) in [5.41, 5.74) is 4.43. The van der Waals surface area contributed by atoms with Crippen LogP contribution >= 0.6 is 0 Å². The van der Waals surface area contributed by atoms with Gasteiger partial charge in [-0.1, -0.05) is 0 Å². The third-order valence-electron chi connectivity index (χ3n) is 3.42. The van der Waals surface area contributed by atoms with Crippen LogP contribution in [0.15, 0.2) is 47.4 Å². The van der Waals surface area contributed by atoms with Gasteiger partial charge in [0.05, 0.1) is 12.1 Å². The largest absolute Gasteiger partial charge is 0.417 e. The number of anilines is 3. The first-order chi connectivity index (χ1) is 12.7. The quantitative estimate of drug-likeness (QED) is 0.675. The first-order valence-electron chi connectivity index (χ1n) is 7.51. The van der Waals surface area contributed by atoms with Crippen LogP contribution in [0, 0.1) is 5.82 Å². The lowest BCUT2D eigenvalue weighted by molar-refractivity contribution is -0.138. The molecule has 0 spiro atoms. The Morgan fingerprint density at radius 3 is 2.41 bits per heavy atom. The van der Waals surface area contributed by atoms with Gasteiger partial charge in [-0.2, -0.15) is 28.1 Å². The molecule has 3 N–H and O–H groups in total. The van der Waals surface area contributed by atoms with E-state index in [0.29, 0.717) is 18.0 Å². The van der Waals surface area contributed by atoms with E-state index in [4.69, 9.17) is 5.73 Å². The molecule has 3 rings (SSSR count). The van der Waals surface area contributed by atoms with Crippen molar-refractivity contribution in [1.29, 1.82) is 0 Å². The molecule has 0 aliphatic carbocycles. The van der Waals surface area contributed by atoms with Gasteiger partial charge in [-0.15, -0.1) is 0 Å². The van der Waals surface area contributed by atoms with Crippen LogP contribution in [0.5, 0.6) is 0 Å². The fourth-order valence-electron chi connectivity index (χ4n) is 2.20. The molecule has 0 unspecified atom stereocenters. The van der Waals surface area contributed by atoms with Crippen LogP contribution in [0.25, 0.3) is 0 Å². The van der Waals surface area contributed by atoms with E-state index in [1.54, 1.807) is 0 Å². The number of aromatic nitrogens is 4. The molecule has 27 heavy (non-hydrogen) atoms. The minimum atomic E-state index is -4.59. The molecule has 0 saturated heterocycles. The minimum Gasteiger partial charge on any atom is -0.368 e. The number of hydrogen-bond donors (Lipinski definition) is 2. The molecular formula is C16H12F4N6O. The molecule has 2 heterocycles. The maximum Gasteiger partial charge on any atom is 0.417 e. The van der Waals surface area contributed by atoms with Crippen molar-refractivity contribution in [2.24, 2.45) is 0 Å². The van der Waals surface area contributed by atoms with Gasteiger partial charge in [0.15, 0.2) is 5.82 Å². The fourth-order valence-corrected chi connectivity index (χ4v) is 2.20. The summed E-state index contributed by atoms with van der Waals surface area (Å²) in [6.45, 7) is -0.340. The van der Waals surface area contributed by atoms with Crippen molar-refractivity contribution in [3.8, 4) is 0 Å². The molecule has 0 radical (unpaired) electrons. The molecular weight excluding hydrogens is 368 g/mol. The highest BCUT2D eigenvalue weighted by Crippen LogP contribution is 2.28. The summed E-state index contributed by atoms with van der Waals surface area (Å²) in [5.74, 6) is -0.636. The van der Waals surface area contributed by atoms with Gasteiger partial charge in [-0.25, -0.2) is 4.39 Å². The molecule has 11 heteroatoms. The average Bonchev–Trinajstić information content (AvgIpc) is 2.57. The SMILES string of the molecule is Nc1nc(Cn2cc(C(F)(F)F)ccc2=O)nc(Nc2ccc(F)cc2)n1. The number of benzene rings is 1. The number of nitrogens with zero attached hydrogens (tertiary/aromatic N) is 4. The van der Waals surface area contributed by atoms with Crippen LogP contribution in [0.3, 0.4) is 0 Å². The van der Waals surface area contributed by atoms with E-state index in [0.717, 1.165) is 10.6 Å². The van der Waals surface area contributed by atoms with E-state index in [9.17, 15) is 22.4 Å². The monoisotopic (exact) mass is 380 g/mol. The molecule has 0 saturated carbocycles. The van der Waals surface area contributed by atoms with Gasteiger partial charge < -0.3 is 15.6 Å². The minimum absolute atomic E-state index is 0.00383. The molecule has 0 fully saturated rings. The van der Waals surface area contributed by atoms with E-state index in [1.165, 1.54) is 24.3 Å². The maximum atomic E-state index is 12.9. The lowest BCUT2D eigenvalue weighted by Crippen LogP contribution is -2.23. The molecule has 7 nitrogen and oxygen atoms in total. The Bertz CT molecular complexity index is 1020. The Morgan fingerprint density at radius 1 is 1.04 bits per heavy atom. The van der Waals surface area contributed by atoms with E-state index < -0.39 is 23.1 Å². The van der Waals surface area contributed by atoms with E-state index in [2.05, 4.69) is 20.3 Å². The molecule has 3 aromatic rings. The van der Waals surface area contributed by atoms with Crippen molar-refractivity contribution in [1.82, 2.24) is 19.5 Å². The third kappa shape index (κ3) is 4.57. The summed E-state index contributed by atoms with van der Waals surface area (Å²) in [6.07, 6.45) is -3.92. The van der Waals surface area contributed by atoms with Crippen LogP contribution in [0.4, 0.5) is 35.1 Å². The van der Waals surface area contributed by atoms with Crippen molar-refractivity contribution in [2.45, 2.75) is 12.7 Å². The Labute approximate surface area is 149 Å². The van der Waals surface area contributed by atoms with Crippen LogP contribution in [0.1, 0.15) is 11.4 Å². The number of alkyl halides is 3. The van der Waals surface area contributed by atoms with Crippen LogP contribution in [-0.2, 0) is 12.7 Å². The number of nitrogens with two attached hydrogens (primary N) is 1. The van der Waals surface area contributed by atoms with Crippen LogP contribution < -0.4 is 16.6 Å². The zero-order valence-corrected chi connectivity index (χ0v) is 13.5. The molecule has 2 aromatic heterocycles. The van der Waals surface area contributed by atoms with Crippen LogP contribution in [-0.4, -0.2) is 19.5 Å². The molecule has 0 aliphatic rings. The number of rotatable bonds is 4. The van der Waals surface area contributed by atoms with Gasteiger partial charge in [0, 0.05) is 18.0 Å². The second-order valence-corrected chi connectivity index (χ2v) is 5.45. The highest BCUT2D eigenvalue weighted by Gasteiger charge is 2.31. The van der Waals surface area contributed by atoms with E-state index in [1.807, 2.05) is 0 Å². The van der Waals surface area contributed by atoms with Crippen molar-refractivity contribution >= 4 is 17.6 Å². The summed E-state index contributed by atoms with van der Waals surface area (Å²) in [5, 5.41) is 2.77. The summed E-state index contributed by atoms with van der Waals surface area (Å²) in [4.78, 5) is 23.6. The number of nitrogen functional groups attached to an aromatic ring is 1. The second-order valence-electron chi connectivity index (χ2n) is 5.45. The maximum absolute atomic E-state index is 12.9. The fraction of sp³-hybridized carbons (Fsp3) is 0.125. The number of hydrogen-bond acceptors (Lipinski definition) is 6. The lowest BCUT2D eigenvalue weighted by atomic mass is 10.3. The summed E-state index contributed by atoms with van der Waals surface area (Å²) in [7, 11) is 0. The predicted octanol–water partition coefficient (Wildman–Crippen LogP) is 2.57. The molecule has 0 aliphatic heterocycles. The summed E-state index contributed by atoms with van der Waals surface area (Å²) in [6, 6.07) is 6.82. The van der Waals surface area contributed by atoms with Gasteiger partial charge in [0.1, 0.15) is 5.82 Å². The number of halogens is 4. The van der Waals surface area contributed by atoms with E-state index in [-0.39, 0.29) is 24.3 Å². The Balaban J connectivity index is 1.89.